The molecule has 0 atom stereocenters. The van der Waals surface area contributed by atoms with Crippen LogP contribution in [-0.4, -0.2) is 40.1 Å². The summed E-state index contributed by atoms with van der Waals surface area (Å²) in [4.78, 5) is 0. The minimum Gasteiger partial charge on any atom is -0.0312 e. The summed E-state index contributed by atoms with van der Waals surface area (Å²) < 4.78 is 0. The van der Waals surface area contributed by atoms with E-state index in [2.05, 4.69) is 13.8 Å². The zero-order chi connectivity index (χ0) is 7.33. The smallest absolute Gasteiger partial charge is 0.0312 e. The van der Waals surface area contributed by atoms with Crippen LogP contribution in [0.5, 0.6) is 0 Å². The van der Waals surface area contributed by atoms with Crippen LogP contribution in [0.2, 0.25) is 0 Å². The van der Waals surface area contributed by atoms with Gasteiger partial charge in [0.1, 0.15) is 15.7 Å². The van der Waals surface area contributed by atoms with Crippen molar-refractivity contribution in [2.24, 2.45) is 0 Å². The van der Waals surface area contributed by atoms with Gasteiger partial charge in [-0.05, 0) is 21.1 Å². The summed E-state index contributed by atoms with van der Waals surface area (Å²) in [6.45, 7) is 4.38. The molecule has 0 N–H and O–H groups in total. The summed E-state index contributed by atoms with van der Waals surface area (Å²) in [6, 6.07) is 1.66. The first-order valence-electron chi connectivity index (χ1n) is 3.50. The maximum Gasteiger partial charge on any atom is 0.122 e. The molecule has 0 aliphatic rings. The van der Waals surface area contributed by atoms with Gasteiger partial charge < -0.3 is 0 Å². The van der Waals surface area contributed by atoms with E-state index in [1.54, 1.807) is 0 Å². The minimum atomic E-state index is -0.864. The molecule has 0 unspecified atom stereocenters. The monoisotopic (exact) mass is 139 g/mol. The van der Waals surface area contributed by atoms with Gasteiger partial charge in [-0.25, -0.2) is 0 Å². The standard InChI is InChI=1S/C6H14B2P/c1-3-9(4-2,5-7)6-8/h3-6H2,1-2H3/q+1. The van der Waals surface area contributed by atoms with Crippen LogP contribution in [0.15, 0.2) is 0 Å². The second-order valence-electron chi connectivity index (χ2n) is 2.34. The zero-order valence-corrected chi connectivity index (χ0v) is 7.32. The number of hydrogen-bond donors (Lipinski definition) is 0. The van der Waals surface area contributed by atoms with Crippen molar-refractivity contribution < 1.29 is 0 Å². The van der Waals surface area contributed by atoms with Crippen LogP contribution in [0.3, 0.4) is 0 Å². The molecule has 0 aliphatic heterocycles. The SMILES string of the molecule is [B]C[P+](C[B])(CC)CC. The number of rotatable bonds is 4. The predicted octanol–water partition coefficient (Wildman–Crippen LogP) is 1.30. The highest BCUT2D eigenvalue weighted by molar-refractivity contribution is 7.78. The molecule has 0 aromatic carbocycles. The Morgan fingerprint density at radius 3 is 1.33 bits per heavy atom. The lowest BCUT2D eigenvalue weighted by atomic mass is 10.2. The van der Waals surface area contributed by atoms with Crippen LogP contribution < -0.4 is 0 Å². The van der Waals surface area contributed by atoms with E-state index in [4.69, 9.17) is 15.7 Å². The lowest BCUT2D eigenvalue weighted by molar-refractivity contribution is 1.36. The summed E-state index contributed by atoms with van der Waals surface area (Å²) in [5, 5.41) is 0. The van der Waals surface area contributed by atoms with E-state index in [0.717, 1.165) is 12.1 Å². The Bertz CT molecular complexity index is 53.9. The third-order valence-corrected chi connectivity index (χ3v) is 6.35. The molecule has 0 aromatic rings. The van der Waals surface area contributed by atoms with E-state index < -0.39 is 7.26 Å². The fraction of sp³-hybridized carbons (Fsp3) is 1.00. The molecule has 0 bridgehead atoms. The predicted molar refractivity (Wildman–Crippen MR) is 49.2 cm³/mol. The highest BCUT2D eigenvalue weighted by Gasteiger charge is 2.26. The average molecular weight is 139 g/mol. The van der Waals surface area contributed by atoms with Gasteiger partial charge in [-0.1, -0.05) is 0 Å². The van der Waals surface area contributed by atoms with Crippen LogP contribution >= 0.6 is 7.26 Å². The van der Waals surface area contributed by atoms with Crippen LogP contribution in [0.25, 0.3) is 0 Å². The van der Waals surface area contributed by atoms with E-state index in [1.165, 1.54) is 12.3 Å². The molecule has 0 aliphatic carbocycles. The molecular formula is C6H14B2P+. The van der Waals surface area contributed by atoms with E-state index in [0.29, 0.717) is 0 Å². The topological polar surface area (TPSA) is 0 Å². The third-order valence-electron chi connectivity index (χ3n) is 2.12. The molecule has 0 nitrogen and oxygen atoms in total. The van der Waals surface area contributed by atoms with Gasteiger partial charge >= 0.3 is 0 Å². The summed E-state index contributed by atoms with van der Waals surface area (Å²) in [6.07, 6.45) is 2.41. The summed E-state index contributed by atoms with van der Waals surface area (Å²) in [5.74, 6) is 0. The van der Waals surface area contributed by atoms with Crippen molar-refractivity contribution in [2.75, 3.05) is 24.4 Å². The summed E-state index contributed by atoms with van der Waals surface area (Å²) >= 11 is 0. The van der Waals surface area contributed by atoms with Crippen molar-refractivity contribution in [3.05, 3.63) is 0 Å². The molecule has 3 heteroatoms. The second-order valence-corrected chi connectivity index (χ2v) is 7.02. The molecule has 0 saturated heterocycles. The first-order chi connectivity index (χ1) is 4.24. The van der Waals surface area contributed by atoms with Crippen molar-refractivity contribution in [1.82, 2.24) is 0 Å². The molecule has 0 fully saturated rings. The van der Waals surface area contributed by atoms with Gasteiger partial charge in [-0.3, -0.25) is 0 Å². The maximum atomic E-state index is 5.61. The van der Waals surface area contributed by atoms with Crippen LogP contribution in [0.1, 0.15) is 13.8 Å². The summed E-state index contributed by atoms with van der Waals surface area (Å²) in [5.41, 5.74) is 0. The average Bonchev–Trinajstić information content (AvgIpc) is 1.95. The van der Waals surface area contributed by atoms with Gasteiger partial charge in [0.05, 0.1) is 12.3 Å². The Morgan fingerprint density at radius 1 is 1.00 bits per heavy atom. The Kier molecular flexibility index (Phi) is 4.66. The van der Waals surface area contributed by atoms with E-state index >= 15 is 0 Å². The Balaban J connectivity index is 3.82. The second kappa shape index (κ2) is 4.39. The highest BCUT2D eigenvalue weighted by atomic mass is 31.2. The van der Waals surface area contributed by atoms with Crippen molar-refractivity contribution >= 4 is 23.0 Å². The molecule has 9 heavy (non-hydrogen) atoms. The molecule has 4 radical (unpaired) electrons. The van der Waals surface area contributed by atoms with Gasteiger partial charge in [-0.2, -0.15) is 0 Å². The van der Waals surface area contributed by atoms with Gasteiger partial charge in [0, 0.05) is 12.1 Å². The molecule has 48 valence electrons. The lowest BCUT2D eigenvalue weighted by Crippen LogP contribution is -2.08. The first kappa shape index (κ1) is 9.56. The van der Waals surface area contributed by atoms with Gasteiger partial charge in [0.25, 0.3) is 0 Å². The molecule has 0 heterocycles. The van der Waals surface area contributed by atoms with Crippen LogP contribution in [0.4, 0.5) is 0 Å². The van der Waals surface area contributed by atoms with Crippen molar-refractivity contribution in [1.29, 1.82) is 0 Å². The minimum absolute atomic E-state index is 0.830. The third kappa shape index (κ3) is 2.34. The molecular weight excluding hydrogens is 125 g/mol. The van der Waals surface area contributed by atoms with E-state index in [9.17, 15) is 0 Å². The Hall–Kier alpha value is 0.560. The molecule has 0 spiro atoms. The zero-order valence-electron chi connectivity index (χ0n) is 6.43. The first-order valence-corrected chi connectivity index (χ1v) is 6.03. The Morgan fingerprint density at radius 2 is 1.33 bits per heavy atom. The molecule has 0 amide bonds. The highest BCUT2D eigenvalue weighted by Crippen LogP contribution is 2.55. The largest absolute Gasteiger partial charge is 0.122 e. The van der Waals surface area contributed by atoms with E-state index in [-0.39, 0.29) is 0 Å². The lowest BCUT2D eigenvalue weighted by Gasteiger charge is -2.21. The van der Waals surface area contributed by atoms with Crippen molar-refractivity contribution in [3.8, 4) is 0 Å². The van der Waals surface area contributed by atoms with E-state index in [1.807, 2.05) is 0 Å². The van der Waals surface area contributed by atoms with Crippen LogP contribution in [-0.2, 0) is 0 Å². The number of hydrogen-bond acceptors (Lipinski definition) is 0. The normalized spacial score (nSPS) is 11.8. The maximum absolute atomic E-state index is 5.61. The quantitative estimate of drug-likeness (QED) is 0.406. The fourth-order valence-corrected chi connectivity index (χ4v) is 2.44. The summed E-state index contributed by atoms with van der Waals surface area (Å²) in [7, 11) is 10.4. The van der Waals surface area contributed by atoms with Crippen LogP contribution in [0, 0.1) is 0 Å². The fourth-order valence-electron chi connectivity index (χ4n) is 0.815. The molecule has 0 saturated carbocycles. The van der Waals surface area contributed by atoms with Crippen molar-refractivity contribution in [3.63, 3.8) is 0 Å². The van der Waals surface area contributed by atoms with Crippen molar-refractivity contribution in [2.45, 2.75) is 13.8 Å². The molecule has 0 aromatic heterocycles. The Labute approximate surface area is 62.0 Å². The van der Waals surface area contributed by atoms with Gasteiger partial charge in [-0.15, -0.1) is 0 Å². The van der Waals surface area contributed by atoms with Gasteiger partial charge in [0.2, 0.25) is 0 Å². The molecule has 0 rings (SSSR count). The van der Waals surface area contributed by atoms with Gasteiger partial charge in [0.15, 0.2) is 0 Å².